The van der Waals surface area contributed by atoms with Crippen LogP contribution in [0.1, 0.15) is 19.8 Å². The number of ether oxygens (including phenoxy) is 1. The average Bonchev–Trinajstić information content (AvgIpc) is 2.87. The topological polar surface area (TPSA) is 89.2 Å². The van der Waals surface area contributed by atoms with Crippen LogP contribution < -0.4 is 5.32 Å². The summed E-state index contributed by atoms with van der Waals surface area (Å²) >= 11 is 0. The van der Waals surface area contributed by atoms with Crippen LogP contribution in [0.25, 0.3) is 0 Å². The Hall–Kier alpha value is -1.63. The first-order chi connectivity index (χ1) is 9.24. The summed E-state index contributed by atoms with van der Waals surface area (Å²) in [6.45, 7) is 4.48. The highest BCUT2D eigenvalue weighted by molar-refractivity contribution is 5.80. The predicted molar refractivity (Wildman–Crippen MR) is 68.8 cm³/mol. The highest BCUT2D eigenvalue weighted by Crippen LogP contribution is 2.17. The summed E-state index contributed by atoms with van der Waals surface area (Å²) in [5, 5.41) is 20.5. The number of nitrogens with zero attached hydrogens (tertiary/aromatic N) is 3. The molecule has 2 atom stereocenters. The van der Waals surface area contributed by atoms with Crippen LogP contribution in [-0.4, -0.2) is 49.7 Å². The second-order valence-electron chi connectivity index (χ2n) is 4.45. The molecule has 0 aromatic heterocycles. The molecule has 104 valence electrons. The maximum atomic E-state index is 12.4. The van der Waals surface area contributed by atoms with Crippen molar-refractivity contribution < 1.29 is 9.53 Å². The molecule has 1 rings (SSSR count). The van der Waals surface area contributed by atoms with Crippen LogP contribution in [0.5, 0.6) is 0 Å². The van der Waals surface area contributed by atoms with E-state index in [4.69, 9.17) is 15.3 Å². The monoisotopic (exact) mass is 264 g/mol. The summed E-state index contributed by atoms with van der Waals surface area (Å²) in [5.41, 5.74) is 0. The molecule has 1 amide bonds. The highest BCUT2D eigenvalue weighted by Gasteiger charge is 2.35. The minimum Gasteiger partial charge on any atom is -0.379 e. The summed E-state index contributed by atoms with van der Waals surface area (Å²) < 4.78 is 5.36. The van der Waals surface area contributed by atoms with Gasteiger partial charge in [-0.25, -0.2) is 0 Å². The van der Waals surface area contributed by atoms with Crippen molar-refractivity contribution >= 4 is 5.91 Å². The average molecular weight is 264 g/mol. The number of hydrogen-bond acceptors (Lipinski definition) is 5. The maximum absolute atomic E-state index is 12.4. The number of hydrogen-bond donors (Lipinski definition) is 1. The van der Waals surface area contributed by atoms with Crippen LogP contribution in [-0.2, 0) is 9.53 Å². The fraction of sp³-hybridized carbons (Fsp3) is 0.769. The molecule has 1 heterocycles. The van der Waals surface area contributed by atoms with Crippen molar-refractivity contribution in [1.29, 1.82) is 10.5 Å². The molecule has 1 aliphatic heterocycles. The molecule has 6 heteroatoms. The van der Waals surface area contributed by atoms with E-state index in [1.54, 1.807) is 4.90 Å². The molecule has 0 spiro atoms. The molecule has 0 saturated carbocycles. The Bertz CT molecular complexity index is 354. The van der Waals surface area contributed by atoms with Crippen molar-refractivity contribution in [3.05, 3.63) is 0 Å². The predicted octanol–water partition coefficient (Wildman–Crippen LogP) is 0.267. The van der Waals surface area contributed by atoms with E-state index in [-0.39, 0.29) is 30.7 Å². The van der Waals surface area contributed by atoms with Crippen molar-refractivity contribution in [3.63, 3.8) is 0 Å². The van der Waals surface area contributed by atoms with Crippen molar-refractivity contribution in [2.75, 3.05) is 32.8 Å². The van der Waals surface area contributed by atoms with E-state index < -0.39 is 0 Å². The lowest BCUT2D eigenvalue weighted by molar-refractivity contribution is -0.135. The second-order valence-corrected chi connectivity index (χ2v) is 4.45. The Labute approximate surface area is 113 Å². The van der Waals surface area contributed by atoms with Crippen molar-refractivity contribution in [1.82, 2.24) is 10.2 Å². The third-order valence-electron chi connectivity index (χ3n) is 3.16. The van der Waals surface area contributed by atoms with E-state index in [0.29, 0.717) is 26.3 Å². The lowest BCUT2D eigenvalue weighted by atomic mass is 10.0. The smallest absolute Gasteiger partial charge is 0.229 e. The Balaban J connectivity index is 2.63. The van der Waals surface area contributed by atoms with Gasteiger partial charge in [-0.2, -0.15) is 10.5 Å². The Morgan fingerprint density at radius 3 is 2.47 bits per heavy atom. The van der Waals surface area contributed by atoms with Gasteiger partial charge in [0.2, 0.25) is 5.91 Å². The summed E-state index contributed by atoms with van der Waals surface area (Å²) in [6, 6.07) is 4.10. The highest BCUT2D eigenvalue weighted by atomic mass is 16.5. The molecule has 1 aliphatic rings. The number of nitrogens with one attached hydrogen (secondary N) is 1. The van der Waals surface area contributed by atoms with E-state index in [9.17, 15) is 4.79 Å². The van der Waals surface area contributed by atoms with Crippen LogP contribution >= 0.6 is 0 Å². The number of carbonyl (C=O) groups excluding carboxylic acids is 1. The number of rotatable bonds is 7. The van der Waals surface area contributed by atoms with Crippen LogP contribution in [0.2, 0.25) is 0 Å². The number of amides is 1. The molecule has 0 radical (unpaired) electrons. The SMILES string of the molecule is CCNC1COCC1C(=O)N(CCC#N)CCC#N. The minimum absolute atomic E-state index is 0.0195. The van der Waals surface area contributed by atoms with E-state index >= 15 is 0 Å². The van der Waals surface area contributed by atoms with Gasteiger partial charge in [0.15, 0.2) is 0 Å². The fourth-order valence-corrected chi connectivity index (χ4v) is 2.20. The molecule has 19 heavy (non-hydrogen) atoms. The first-order valence-electron chi connectivity index (χ1n) is 6.58. The van der Waals surface area contributed by atoms with E-state index in [0.717, 1.165) is 6.54 Å². The maximum Gasteiger partial charge on any atom is 0.229 e. The van der Waals surface area contributed by atoms with Gasteiger partial charge in [-0.3, -0.25) is 4.79 Å². The van der Waals surface area contributed by atoms with Crippen LogP contribution in [0.3, 0.4) is 0 Å². The third-order valence-corrected chi connectivity index (χ3v) is 3.16. The molecule has 1 N–H and O–H groups in total. The molecule has 0 aliphatic carbocycles. The summed E-state index contributed by atoms with van der Waals surface area (Å²) in [5.74, 6) is -0.230. The lowest BCUT2D eigenvalue weighted by Gasteiger charge is -2.26. The zero-order valence-corrected chi connectivity index (χ0v) is 11.3. The largest absolute Gasteiger partial charge is 0.379 e. The zero-order chi connectivity index (χ0) is 14.1. The minimum atomic E-state index is -0.211. The van der Waals surface area contributed by atoms with Crippen LogP contribution in [0, 0.1) is 28.6 Å². The van der Waals surface area contributed by atoms with E-state index in [1.165, 1.54) is 0 Å². The lowest BCUT2D eigenvalue weighted by Crippen LogP contribution is -2.46. The fourth-order valence-electron chi connectivity index (χ4n) is 2.20. The Kier molecular flexibility index (Phi) is 6.88. The van der Waals surface area contributed by atoms with Crippen molar-refractivity contribution in [2.45, 2.75) is 25.8 Å². The quantitative estimate of drug-likeness (QED) is 0.712. The van der Waals surface area contributed by atoms with Gasteiger partial charge in [0.05, 0.1) is 44.1 Å². The van der Waals surface area contributed by atoms with Gasteiger partial charge < -0.3 is 15.0 Å². The third kappa shape index (κ3) is 4.51. The van der Waals surface area contributed by atoms with Gasteiger partial charge >= 0.3 is 0 Å². The zero-order valence-electron chi connectivity index (χ0n) is 11.3. The van der Waals surface area contributed by atoms with E-state index in [1.807, 2.05) is 19.1 Å². The molecule has 0 aromatic carbocycles. The van der Waals surface area contributed by atoms with Crippen molar-refractivity contribution in [3.8, 4) is 12.1 Å². The van der Waals surface area contributed by atoms with Gasteiger partial charge in [0.1, 0.15) is 0 Å². The standard InChI is InChI=1S/C13H20N4O2/c1-2-16-12-10-19-9-11(12)13(18)17(7-3-5-14)8-4-6-15/h11-12,16H,2-4,7-10H2,1H3. The Morgan fingerprint density at radius 2 is 1.95 bits per heavy atom. The molecular formula is C13H20N4O2. The van der Waals surface area contributed by atoms with Crippen LogP contribution in [0.15, 0.2) is 0 Å². The normalized spacial score (nSPS) is 21.6. The van der Waals surface area contributed by atoms with Gasteiger partial charge in [0, 0.05) is 19.1 Å². The number of nitriles is 2. The molecule has 2 unspecified atom stereocenters. The molecule has 0 aromatic rings. The number of carbonyl (C=O) groups is 1. The first-order valence-corrected chi connectivity index (χ1v) is 6.58. The van der Waals surface area contributed by atoms with Crippen LogP contribution in [0.4, 0.5) is 0 Å². The molecule has 1 fully saturated rings. The second kappa shape index (κ2) is 8.47. The Morgan fingerprint density at radius 1 is 1.32 bits per heavy atom. The van der Waals surface area contributed by atoms with Gasteiger partial charge in [-0.05, 0) is 6.54 Å². The van der Waals surface area contributed by atoms with Gasteiger partial charge in [0.25, 0.3) is 0 Å². The van der Waals surface area contributed by atoms with Gasteiger partial charge in [-0.1, -0.05) is 6.92 Å². The molecule has 0 bridgehead atoms. The number of likely N-dealkylation sites (N-methyl/N-ethyl adjacent to an activating group) is 1. The molecular weight excluding hydrogens is 244 g/mol. The summed E-state index contributed by atoms with van der Waals surface area (Å²) in [7, 11) is 0. The van der Waals surface area contributed by atoms with E-state index in [2.05, 4.69) is 5.32 Å². The summed E-state index contributed by atoms with van der Waals surface area (Å²) in [6.07, 6.45) is 0.577. The molecule has 1 saturated heterocycles. The van der Waals surface area contributed by atoms with Crippen molar-refractivity contribution in [2.24, 2.45) is 5.92 Å². The van der Waals surface area contributed by atoms with Gasteiger partial charge in [-0.15, -0.1) is 0 Å². The summed E-state index contributed by atoms with van der Waals surface area (Å²) in [4.78, 5) is 14.0. The molecule has 6 nitrogen and oxygen atoms in total. The first kappa shape index (κ1) is 15.4.